The third-order valence-electron chi connectivity index (χ3n) is 7.54. The van der Waals surface area contributed by atoms with Gasteiger partial charge < -0.3 is 16.0 Å². The molecule has 0 saturated carbocycles. The van der Waals surface area contributed by atoms with Gasteiger partial charge >= 0.3 is 0 Å². The molecule has 0 spiro atoms. The molecule has 2 atom stereocenters. The Morgan fingerprint density at radius 3 is 2.73 bits per heavy atom. The first-order chi connectivity index (χ1) is 19.1. The molecule has 4 heterocycles. The fraction of sp³-hybridized carbons (Fsp3) is 0.367. The van der Waals surface area contributed by atoms with Crippen LogP contribution in [0.1, 0.15) is 48.5 Å². The number of hydrogen-bond acceptors (Lipinski definition) is 8. The molecular weight excluding hydrogens is 520 g/mol. The first kappa shape index (κ1) is 29.2. The number of para-hydroxylation sites is 1. The van der Waals surface area contributed by atoms with Crippen molar-refractivity contribution in [3.05, 3.63) is 72.3 Å². The van der Waals surface area contributed by atoms with Crippen LogP contribution in [0.3, 0.4) is 0 Å². The van der Waals surface area contributed by atoms with Gasteiger partial charge in [0.25, 0.3) is 5.91 Å². The van der Waals surface area contributed by atoms with Crippen LogP contribution in [0.25, 0.3) is 22.2 Å². The van der Waals surface area contributed by atoms with Crippen LogP contribution in [-0.4, -0.2) is 70.0 Å². The maximum absolute atomic E-state index is 12.3. The van der Waals surface area contributed by atoms with Gasteiger partial charge in [-0.1, -0.05) is 32.0 Å². The summed E-state index contributed by atoms with van der Waals surface area (Å²) in [5.74, 6) is 1.64. The van der Waals surface area contributed by atoms with Crippen molar-refractivity contribution in [2.75, 3.05) is 43.9 Å². The number of likely N-dealkylation sites (N-methyl/N-ethyl adjacent to an activating group) is 1. The molecule has 40 heavy (non-hydrogen) atoms. The number of rotatable bonds is 10. The van der Waals surface area contributed by atoms with Crippen molar-refractivity contribution in [3.63, 3.8) is 0 Å². The highest BCUT2D eigenvalue weighted by atomic mass is 32.1. The Bertz CT molecular complexity index is 1430. The minimum atomic E-state index is -0.117. The van der Waals surface area contributed by atoms with E-state index in [1.54, 1.807) is 25.6 Å². The fourth-order valence-corrected chi connectivity index (χ4v) is 5.32. The van der Waals surface area contributed by atoms with E-state index in [1.165, 1.54) is 19.4 Å². The minimum absolute atomic E-state index is 0. The zero-order valence-electron chi connectivity index (χ0n) is 23.3. The van der Waals surface area contributed by atoms with E-state index in [-0.39, 0.29) is 25.3 Å². The highest BCUT2D eigenvalue weighted by molar-refractivity contribution is 7.59. The Hall–Kier alpha value is -3.76. The van der Waals surface area contributed by atoms with Crippen LogP contribution in [0.4, 0.5) is 11.6 Å². The van der Waals surface area contributed by atoms with Crippen molar-refractivity contribution >= 4 is 41.9 Å². The van der Waals surface area contributed by atoms with E-state index in [0.29, 0.717) is 18.2 Å². The molecule has 1 unspecified atom stereocenters. The van der Waals surface area contributed by atoms with Gasteiger partial charge in [0.05, 0.1) is 16.8 Å². The number of pyridine rings is 2. The zero-order chi connectivity index (χ0) is 27.2. The summed E-state index contributed by atoms with van der Waals surface area (Å²) in [6, 6.07) is 14.3. The summed E-state index contributed by atoms with van der Waals surface area (Å²) >= 11 is 0. The molecule has 1 aliphatic heterocycles. The number of nitrogens with zero attached hydrogens (tertiary/aromatic N) is 5. The lowest BCUT2D eigenvalue weighted by Crippen LogP contribution is -2.34. The first-order valence-electron chi connectivity index (χ1n) is 13.7. The molecule has 1 fully saturated rings. The van der Waals surface area contributed by atoms with Crippen molar-refractivity contribution in [1.82, 2.24) is 30.2 Å². The van der Waals surface area contributed by atoms with Gasteiger partial charge in [-0.15, -0.1) is 0 Å². The Morgan fingerprint density at radius 2 is 1.95 bits per heavy atom. The molecule has 4 aromatic rings. The molecule has 1 saturated heterocycles. The van der Waals surface area contributed by atoms with Crippen LogP contribution in [-0.2, 0) is 0 Å². The Labute approximate surface area is 242 Å². The second kappa shape index (κ2) is 13.5. The van der Waals surface area contributed by atoms with E-state index in [4.69, 9.17) is 0 Å². The van der Waals surface area contributed by atoms with Gasteiger partial charge in [-0.05, 0) is 49.7 Å². The second-order valence-corrected chi connectivity index (χ2v) is 9.99. The predicted octanol–water partition coefficient (Wildman–Crippen LogP) is 4.67. The minimum Gasteiger partial charge on any atom is -0.369 e. The second-order valence-electron chi connectivity index (χ2n) is 9.99. The number of carbonyl (C=O) groups is 1. The van der Waals surface area contributed by atoms with Crippen molar-refractivity contribution < 1.29 is 4.79 Å². The standard InChI is InChI=1S/C30H36N8O.H2S/c1-4-38-14-6-7-22(38)18-35-27-11-10-21(17-34-27)26-15-28(37-19-36-26)33-16-20(2)23-8-5-9-24-25(30(39)31-3)12-13-32-29(23)24;/h5,8-13,15,17,19-20,22H,4,6-7,14,16,18H2,1-3H3,(H,31,39)(H,34,35)(H,33,36,37);1H2/t20-,22?;/m1./s1. The summed E-state index contributed by atoms with van der Waals surface area (Å²) < 4.78 is 0. The largest absolute Gasteiger partial charge is 0.369 e. The quantitative estimate of drug-likeness (QED) is 0.258. The van der Waals surface area contributed by atoms with E-state index in [1.807, 2.05) is 36.5 Å². The van der Waals surface area contributed by atoms with Crippen LogP contribution in [0.5, 0.6) is 0 Å². The Kier molecular flexibility index (Phi) is 9.89. The fourth-order valence-electron chi connectivity index (χ4n) is 5.32. The number of likely N-dealkylation sites (tertiary alicyclic amines) is 1. The van der Waals surface area contributed by atoms with Crippen molar-refractivity contribution in [2.24, 2.45) is 0 Å². The number of nitrogens with one attached hydrogen (secondary N) is 3. The molecule has 10 heteroatoms. The lowest BCUT2D eigenvalue weighted by Gasteiger charge is -2.23. The summed E-state index contributed by atoms with van der Waals surface area (Å²) in [5.41, 5.74) is 4.30. The Morgan fingerprint density at radius 1 is 1.07 bits per heavy atom. The summed E-state index contributed by atoms with van der Waals surface area (Å²) in [6.07, 6.45) is 7.63. The van der Waals surface area contributed by atoms with E-state index >= 15 is 0 Å². The van der Waals surface area contributed by atoms with Crippen molar-refractivity contribution in [3.8, 4) is 11.3 Å². The summed E-state index contributed by atoms with van der Waals surface area (Å²) in [4.78, 5) is 32.9. The normalized spacial score (nSPS) is 15.8. The molecule has 0 bridgehead atoms. The molecule has 1 amide bonds. The summed E-state index contributed by atoms with van der Waals surface area (Å²) in [6.45, 7) is 8.22. The van der Waals surface area contributed by atoms with E-state index in [9.17, 15) is 4.79 Å². The van der Waals surface area contributed by atoms with Crippen molar-refractivity contribution in [2.45, 2.75) is 38.6 Å². The van der Waals surface area contributed by atoms with Gasteiger partial charge in [-0.3, -0.25) is 14.7 Å². The smallest absolute Gasteiger partial charge is 0.251 e. The van der Waals surface area contributed by atoms with E-state index in [2.05, 4.69) is 60.7 Å². The maximum Gasteiger partial charge on any atom is 0.251 e. The first-order valence-corrected chi connectivity index (χ1v) is 13.7. The topological polar surface area (TPSA) is 108 Å². The van der Waals surface area contributed by atoms with Gasteiger partial charge in [-0.2, -0.15) is 13.5 Å². The average molecular weight is 559 g/mol. The summed E-state index contributed by atoms with van der Waals surface area (Å²) in [7, 11) is 1.64. The number of hydrogen-bond donors (Lipinski definition) is 3. The third kappa shape index (κ3) is 6.51. The van der Waals surface area contributed by atoms with Gasteiger partial charge in [0.2, 0.25) is 0 Å². The number of amides is 1. The number of aromatic nitrogens is 4. The van der Waals surface area contributed by atoms with Crippen LogP contribution in [0.15, 0.2) is 61.2 Å². The lowest BCUT2D eigenvalue weighted by molar-refractivity contribution is 0.0964. The molecule has 0 aliphatic carbocycles. The molecule has 210 valence electrons. The van der Waals surface area contributed by atoms with Crippen LogP contribution in [0.2, 0.25) is 0 Å². The molecule has 9 nitrogen and oxygen atoms in total. The molecule has 0 radical (unpaired) electrons. The average Bonchev–Trinajstić information content (AvgIpc) is 3.46. The van der Waals surface area contributed by atoms with Gasteiger partial charge in [-0.25, -0.2) is 15.0 Å². The molecule has 1 aromatic carbocycles. The predicted molar refractivity (Wildman–Crippen MR) is 166 cm³/mol. The number of carbonyl (C=O) groups excluding carboxylic acids is 1. The molecule has 1 aliphatic rings. The lowest BCUT2D eigenvalue weighted by atomic mass is 9.96. The monoisotopic (exact) mass is 558 g/mol. The highest BCUT2D eigenvalue weighted by Gasteiger charge is 2.22. The van der Waals surface area contributed by atoms with Crippen LogP contribution >= 0.6 is 13.5 Å². The summed E-state index contributed by atoms with van der Waals surface area (Å²) in [5, 5.41) is 10.5. The highest BCUT2D eigenvalue weighted by Crippen LogP contribution is 2.27. The molecule has 3 N–H and O–H groups in total. The van der Waals surface area contributed by atoms with Gasteiger partial charge in [0.1, 0.15) is 18.0 Å². The maximum atomic E-state index is 12.3. The van der Waals surface area contributed by atoms with Crippen LogP contribution < -0.4 is 16.0 Å². The van der Waals surface area contributed by atoms with E-state index < -0.39 is 0 Å². The van der Waals surface area contributed by atoms with Crippen LogP contribution in [0, 0.1) is 0 Å². The Balaban J connectivity index is 0.00000370. The number of benzene rings is 1. The van der Waals surface area contributed by atoms with Gasteiger partial charge in [0, 0.05) is 61.5 Å². The molecular formula is C30H38N8OS. The number of anilines is 2. The molecule has 5 rings (SSSR count). The zero-order valence-corrected chi connectivity index (χ0v) is 24.3. The van der Waals surface area contributed by atoms with Gasteiger partial charge in [0.15, 0.2) is 0 Å². The van der Waals surface area contributed by atoms with Crippen molar-refractivity contribution in [1.29, 1.82) is 0 Å². The third-order valence-corrected chi connectivity index (χ3v) is 7.54. The SMILES string of the molecule is CCN1CCCC1CNc1ccc(-c2cc(NC[C@@H](C)c3cccc4c(C(=O)NC)ccnc34)ncn2)cn1.S. The van der Waals surface area contributed by atoms with E-state index in [0.717, 1.165) is 52.4 Å². The molecule has 3 aromatic heterocycles. The number of fused-ring (bicyclic) bond motifs is 1.